The van der Waals surface area contributed by atoms with E-state index in [1.807, 2.05) is 6.07 Å². The first kappa shape index (κ1) is 15.5. The van der Waals surface area contributed by atoms with E-state index in [1.54, 1.807) is 6.07 Å². The standard InChI is InChI=1S/C13H11ClN2O4S/c14-11-6-10(4-3-9(11)7-15)21(18,19)16-8-12(17)13-2-1-5-20-13/h1-6,12,16-17H,8H2. The average molecular weight is 327 g/mol. The van der Waals surface area contributed by atoms with E-state index in [9.17, 15) is 13.5 Å². The molecule has 2 N–H and O–H groups in total. The van der Waals surface area contributed by atoms with Crippen molar-refractivity contribution in [2.24, 2.45) is 0 Å². The number of nitriles is 1. The van der Waals surface area contributed by atoms with Gasteiger partial charge in [0.1, 0.15) is 17.9 Å². The Morgan fingerprint density at radius 2 is 2.19 bits per heavy atom. The molecule has 0 amide bonds. The van der Waals surface area contributed by atoms with Crippen molar-refractivity contribution in [3.8, 4) is 6.07 Å². The van der Waals surface area contributed by atoms with E-state index in [0.717, 1.165) is 0 Å². The molecular weight excluding hydrogens is 316 g/mol. The second kappa shape index (κ2) is 6.28. The maximum absolute atomic E-state index is 12.1. The Labute approximate surface area is 126 Å². The first-order valence-electron chi connectivity index (χ1n) is 5.85. The molecule has 0 fully saturated rings. The molecule has 0 radical (unpaired) electrons. The van der Waals surface area contributed by atoms with Gasteiger partial charge < -0.3 is 9.52 Å². The van der Waals surface area contributed by atoms with Crippen molar-refractivity contribution in [3.05, 3.63) is 52.9 Å². The van der Waals surface area contributed by atoms with Crippen molar-refractivity contribution < 1.29 is 17.9 Å². The molecular formula is C13H11ClN2O4S. The molecule has 1 aromatic carbocycles. The van der Waals surface area contributed by atoms with Crippen LogP contribution in [0.3, 0.4) is 0 Å². The van der Waals surface area contributed by atoms with E-state index in [4.69, 9.17) is 21.3 Å². The van der Waals surface area contributed by atoms with Crippen LogP contribution in [0.25, 0.3) is 0 Å². The summed E-state index contributed by atoms with van der Waals surface area (Å²) >= 11 is 5.80. The predicted molar refractivity (Wildman–Crippen MR) is 75.0 cm³/mol. The summed E-state index contributed by atoms with van der Waals surface area (Å²) in [5, 5.41) is 18.6. The predicted octanol–water partition coefficient (Wildman–Crippen LogP) is 1.82. The molecule has 0 aliphatic rings. The van der Waals surface area contributed by atoms with Gasteiger partial charge in [-0.05, 0) is 30.3 Å². The van der Waals surface area contributed by atoms with Crippen LogP contribution in [0.1, 0.15) is 17.4 Å². The monoisotopic (exact) mass is 326 g/mol. The number of halogens is 1. The van der Waals surface area contributed by atoms with Gasteiger partial charge >= 0.3 is 0 Å². The summed E-state index contributed by atoms with van der Waals surface area (Å²) in [6.07, 6.45) is 0.289. The van der Waals surface area contributed by atoms with E-state index in [2.05, 4.69) is 4.72 Å². The molecule has 8 heteroatoms. The molecule has 0 saturated carbocycles. The smallest absolute Gasteiger partial charge is 0.240 e. The molecule has 2 rings (SSSR count). The van der Waals surface area contributed by atoms with Crippen molar-refractivity contribution >= 4 is 21.6 Å². The fourth-order valence-corrected chi connectivity index (χ4v) is 2.96. The molecule has 1 atom stereocenters. The lowest BCUT2D eigenvalue weighted by atomic mass is 10.2. The third kappa shape index (κ3) is 3.62. The number of hydrogen-bond donors (Lipinski definition) is 2. The minimum atomic E-state index is -3.84. The van der Waals surface area contributed by atoms with Gasteiger partial charge in [-0.3, -0.25) is 0 Å². The van der Waals surface area contributed by atoms with Crippen molar-refractivity contribution in [3.63, 3.8) is 0 Å². The number of nitrogens with zero attached hydrogens (tertiary/aromatic N) is 1. The first-order chi connectivity index (χ1) is 9.94. The van der Waals surface area contributed by atoms with Crippen LogP contribution in [-0.4, -0.2) is 20.1 Å². The van der Waals surface area contributed by atoms with Crippen molar-refractivity contribution in [2.75, 3.05) is 6.54 Å². The van der Waals surface area contributed by atoms with Crippen LogP contribution < -0.4 is 4.72 Å². The Morgan fingerprint density at radius 3 is 2.76 bits per heavy atom. The molecule has 21 heavy (non-hydrogen) atoms. The van der Waals surface area contributed by atoms with Crippen LogP contribution in [0.15, 0.2) is 45.9 Å². The van der Waals surface area contributed by atoms with Gasteiger partial charge in [0, 0.05) is 6.54 Å². The van der Waals surface area contributed by atoms with Crippen molar-refractivity contribution in [1.82, 2.24) is 4.72 Å². The summed E-state index contributed by atoms with van der Waals surface area (Å²) in [5.74, 6) is 0.260. The van der Waals surface area contributed by atoms with Crippen LogP contribution in [0, 0.1) is 11.3 Å². The largest absolute Gasteiger partial charge is 0.467 e. The highest BCUT2D eigenvalue weighted by atomic mass is 35.5. The number of sulfonamides is 1. The average Bonchev–Trinajstić information content (AvgIpc) is 2.99. The van der Waals surface area contributed by atoms with Gasteiger partial charge in [-0.2, -0.15) is 5.26 Å². The zero-order valence-corrected chi connectivity index (χ0v) is 12.2. The lowest BCUT2D eigenvalue weighted by Gasteiger charge is -2.10. The summed E-state index contributed by atoms with van der Waals surface area (Å²) in [7, 11) is -3.84. The fraction of sp³-hybridized carbons (Fsp3) is 0.154. The third-order valence-corrected chi connectivity index (χ3v) is 4.44. The van der Waals surface area contributed by atoms with Gasteiger partial charge in [0.25, 0.3) is 0 Å². The Kier molecular flexibility index (Phi) is 4.65. The number of aliphatic hydroxyl groups excluding tert-OH is 1. The van der Waals surface area contributed by atoms with Crippen LogP contribution in [0.2, 0.25) is 5.02 Å². The van der Waals surface area contributed by atoms with E-state index in [-0.39, 0.29) is 27.8 Å². The van der Waals surface area contributed by atoms with E-state index in [0.29, 0.717) is 0 Å². The number of furan rings is 1. The Bertz CT molecular complexity index is 766. The van der Waals surface area contributed by atoms with Crippen LogP contribution >= 0.6 is 11.6 Å². The number of hydrogen-bond acceptors (Lipinski definition) is 5. The molecule has 110 valence electrons. The summed E-state index contributed by atoms with van der Waals surface area (Å²) in [4.78, 5) is -0.0851. The molecule has 2 aromatic rings. The normalized spacial score (nSPS) is 12.8. The highest BCUT2D eigenvalue weighted by Gasteiger charge is 2.19. The molecule has 0 aliphatic carbocycles. The molecule has 0 bridgehead atoms. The Hall–Kier alpha value is -1.85. The summed E-state index contributed by atoms with van der Waals surface area (Å²) in [6.45, 7) is -0.243. The van der Waals surface area contributed by atoms with Crippen LogP contribution in [-0.2, 0) is 10.0 Å². The van der Waals surface area contributed by atoms with Gasteiger partial charge in [-0.1, -0.05) is 11.6 Å². The minimum Gasteiger partial charge on any atom is -0.467 e. The lowest BCUT2D eigenvalue weighted by molar-refractivity contribution is 0.154. The Morgan fingerprint density at radius 1 is 1.43 bits per heavy atom. The molecule has 6 nitrogen and oxygen atoms in total. The molecule has 1 unspecified atom stereocenters. The zero-order valence-electron chi connectivity index (χ0n) is 10.7. The van der Waals surface area contributed by atoms with Gasteiger partial charge in [0.2, 0.25) is 10.0 Å². The fourth-order valence-electron chi connectivity index (χ4n) is 1.61. The molecule has 0 saturated heterocycles. The Balaban J connectivity index is 2.12. The minimum absolute atomic E-state index is 0.0481. The lowest BCUT2D eigenvalue weighted by Crippen LogP contribution is -2.28. The van der Waals surface area contributed by atoms with Gasteiger partial charge in [0.15, 0.2) is 0 Å². The molecule has 0 aliphatic heterocycles. The van der Waals surface area contributed by atoms with Gasteiger partial charge in [0.05, 0.1) is 21.7 Å². The first-order valence-corrected chi connectivity index (χ1v) is 7.71. The summed E-state index contributed by atoms with van der Waals surface area (Å²) in [5.41, 5.74) is 0.186. The topological polar surface area (TPSA) is 103 Å². The highest BCUT2D eigenvalue weighted by molar-refractivity contribution is 7.89. The molecule has 1 aromatic heterocycles. The molecule has 1 heterocycles. The highest BCUT2D eigenvalue weighted by Crippen LogP contribution is 2.20. The summed E-state index contributed by atoms with van der Waals surface area (Å²) in [6, 6.07) is 8.74. The summed E-state index contributed by atoms with van der Waals surface area (Å²) < 4.78 is 31.3. The zero-order chi connectivity index (χ0) is 15.5. The SMILES string of the molecule is N#Cc1ccc(S(=O)(=O)NCC(O)c2ccco2)cc1Cl. The van der Waals surface area contributed by atoms with Crippen LogP contribution in [0.5, 0.6) is 0 Å². The maximum atomic E-state index is 12.1. The van der Waals surface area contributed by atoms with Gasteiger partial charge in [-0.15, -0.1) is 0 Å². The van der Waals surface area contributed by atoms with Crippen molar-refractivity contribution in [2.45, 2.75) is 11.0 Å². The molecule has 0 spiro atoms. The number of rotatable bonds is 5. The van der Waals surface area contributed by atoms with Crippen molar-refractivity contribution in [1.29, 1.82) is 5.26 Å². The third-order valence-electron chi connectivity index (χ3n) is 2.71. The van der Waals surface area contributed by atoms with E-state index < -0.39 is 16.1 Å². The van der Waals surface area contributed by atoms with E-state index >= 15 is 0 Å². The maximum Gasteiger partial charge on any atom is 0.240 e. The van der Waals surface area contributed by atoms with Gasteiger partial charge in [-0.25, -0.2) is 13.1 Å². The number of aliphatic hydroxyl groups is 1. The number of nitrogens with one attached hydrogen (secondary N) is 1. The van der Waals surface area contributed by atoms with E-state index in [1.165, 1.54) is 30.5 Å². The quantitative estimate of drug-likeness (QED) is 0.872. The van der Waals surface area contributed by atoms with Crippen LogP contribution in [0.4, 0.5) is 0 Å². The number of benzene rings is 1. The second-order valence-electron chi connectivity index (χ2n) is 4.14. The second-order valence-corrected chi connectivity index (χ2v) is 6.31.